The van der Waals surface area contributed by atoms with Crippen molar-refractivity contribution in [2.75, 3.05) is 5.73 Å². The molecule has 0 atom stereocenters. The number of benzene rings is 2. The fourth-order valence-electron chi connectivity index (χ4n) is 2.57. The number of rotatable bonds is 2. The largest absolute Gasteiger partial charge is 0.383 e. The Morgan fingerprint density at radius 1 is 0.952 bits per heavy atom. The molecule has 0 saturated heterocycles. The molecule has 2 aromatic carbocycles. The second kappa shape index (κ2) is 5.09. The van der Waals surface area contributed by atoms with Crippen LogP contribution < -0.4 is 5.73 Å². The van der Waals surface area contributed by atoms with Gasteiger partial charge >= 0.3 is 0 Å². The molecule has 3 aromatic rings. The van der Waals surface area contributed by atoms with Crippen LogP contribution in [0.4, 0.5) is 5.82 Å². The zero-order chi connectivity index (χ0) is 15.0. The summed E-state index contributed by atoms with van der Waals surface area (Å²) < 4.78 is 1.75. The molecular weight excluding hydrogens is 258 g/mol. The van der Waals surface area contributed by atoms with E-state index < -0.39 is 0 Å². The van der Waals surface area contributed by atoms with E-state index in [1.807, 2.05) is 19.2 Å². The quantitative estimate of drug-likeness (QED) is 0.770. The molecule has 3 rings (SSSR count). The SMILES string of the molecule is Cc1ccc(-c2nn(C)c(N)c2-c2ccccc2C)cc1. The molecule has 3 nitrogen and oxygen atoms in total. The highest BCUT2D eigenvalue weighted by atomic mass is 15.3. The number of aromatic nitrogens is 2. The highest BCUT2D eigenvalue weighted by Crippen LogP contribution is 2.37. The Labute approximate surface area is 125 Å². The number of anilines is 1. The van der Waals surface area contributed by atoms with Crippen LogP contribution in [0.3, 0.4) is 0 Å². The third kappa shape index (κ3) is 2.31. The van der Waals surface area contributed by atoms with Crippen LogP contribution in [0, 0.1) is 13.8 Å². The lowest BCUT2D eigenvalue weighted by molar-refractivity contribution is 0.782. The van der Waals surface area contributed by atoms with E-state index in [4.69, 9.17) is 5.73 Å². The molecule has 106 valence electrons. The second-order valence-electron chi connectivity index (χ2n) is 5.41. The van der Waals surface area contributed by atoms with E-state index in [1.165, 1.54) is 11.1 Å². The number of aryl methyl sites for hydroxylation is 3. The molecule has 0 aliphatic carbocycles. The van der Waals surface area contributed by atoms with Gasteiger partial charge in [0, 0.05) is 12.6 Å². The Morgan fingerprint density at radius 2 is 1.62 bits per heavy atom. The Balaban J connectivity index is 2.26. The summed E-state index contributed by atoms with van der Waals surface area (Å²) in [5, 5.41) is 4.62. The molecule has 0 aliphatic rings. The molecule has 0 bridgehead atoms. The van der Waals surface area contributed by atoms with Gasteiger partial charge in [-0.15, -0.1) is 0 Å². The zero-order valence-electron chi connectivity index (χ0n) is 12.6. The van der Waals surface area contributed by atoms with Crippen LogP contribution >= 0.6 is 0 Å². The van der Waals surface area contributed by atoms with E-state index in [0.29, 0.717) is 5.82 Å². The van der Waals surface area contributed by atoms with Gasteiger partial charge in [0.25, 0.3) is 0 Å². The lowest BCUT2D eigenvalue weighted by Gasteiger charge is -2.08. The number of hydrogen-bond acceptors (Lipinski definition) is 2. The smallest absolute Gasteiger partial charge is 0.129 e. The van der Waals surface area contributed by atoms with Crippen molar-refractivity contribution in [1.29, 1.82) is 0 Å². The summed E-state index contributed by atoms with van der Waals surface area (Å²) in [6, 6.07) is 16.7. The summed E-state index contributed by atoms with van der Waals surface area (Å²) >= 11 is 0. The minimum absolute atomic E-state index is 0.694. The Morgan fingerprint density at radius 3 is 2.29 bits per heavy atom. The monoisotopic (exact) mass is 277 g/mol. The van der Waals surface area contributed by atoms with E-state index in [-0.39, 0.29) is 0 Å². The first kappa shape index (κ1) is 13.4. The van der Waals surface area contributed by atoms with Crippen LogP contribution in [0.1, 0.15) is 11.1 Å². The summed E-state index contributed by atoms with van der Waals surface area (Å²) in [6.45, 7) is 4.18. The molecule has 1 heterocycles. The van der Waals surface area contributed by atoms with Gasteiger partial charge in [0.05, 0.1) is 5.56 Å². The lowest BCUT2D eigenvalue weighted by Crippen LogP contribution is -1.98. The van der Waals surface area contributed by atoms with E-state index in [0.717, 1.165) is 22.4 Å². The van der Waals surface area contributed by atoms with Crippen LogP contribution in [-0.4, -0.2) is 9.78 Å². The van der Waals surface area contributed by atoms with Gasteiger partial charge < -0.3 is 5.73 Å². The predicted octanol–water partition coefficient (Wildman–Crippen LogP) is 3.95. The van der Waals surface area contributed by atoms with Gasteiger partial charge in [0.15, 0.2) is 0 Å². The highest BCUT2D eigenvalue weighted by molar-refractivity contribution is 5.89. The van der Waals surface area contributed by atoms with Gasteiger partial charge in [-0.05, 0) is 25.0 Å². The van der Waals surface area contributed by atoms with Gasteiger partial charge in [0.2, 0.25) is 0 Å². The maximum atomic E-state index is 6.27. The van der Waals surface area contributed by atoms with Crippen molar-refractivity contribution in [3.8, 4) is 22.4 Å². The third-order valence-corrected chi connectivity index (χ3v) is 3.83. The van der Waals surface area contributed by atoms with Crippen molar-refractivity contribution in [2.45, 2.75) is 13.8 Å². The Hall–Kier alpha value is -2.55. The molecule has 0 radical (unpaired) electrons. The average molecular weight is 277 g/mol. The van der Waals surface area contributed by atoms with Crippen molar-refractivity contribution in [2.24, 2.45) is 7.05 Å². The molecule has 3 heteroatoms. The van der Waals surface area contributed by atoms with E-state index in [2.05, 4.69) is 55.3 Å². The van der Waals surface area contributed by atoms with Crippen molar-refractivity contribution in [3.63, 3.8) is 0 Å². The van der Waals surface area contributed by atoms with Crippen LogP contribution in [0.2, 0.25) is 0 Å². The number of nitrogens with zero attached hydrogens (tertiary/aromatic N) is 2. The van der Waals surface area contributed by atoms with Crippen molar-refractivity contribution in [1.82, 2.24) is 9.78 Å². The van der Waals surface area contributed by atoms with E-state index in [1.54, 1.807) is 4.68 Å². The van der Waals surface area contributed by atoms with Crippen LogP contribution in [0.15, 0.2) is 48.5 Å². The molecule has 0 spiro atoms. The minimum atomic E-state index is 0.694. The van der Waals surface area contributed by atoms with Crippen LogP contribution in [0.25, 0.3) is 22.4 Å². The molecule has 0 aliphatic heterocycles. The zero-order valence-corrected chi connectivity index (χ0v) is 12.6. The molecular formula is C18H19N3. The Kier molecular flexibility index (Phi) is 3.26. The first-order chi connectivity index (χ1) is 10.1. The summed E-state index contributed by atoms with van der Waals surface area (Å²) in [5.41, 5.74) is 12.9. The van der Waals surface area contributed by atoms with Crippen molar-refractivity contribution in [3.05, 3.63) is 59.7 Å². The molecule has 21 heavy (non-hydrogen) atoms. The molecule has 0 fully saturated rings. The Bertz CT molecular complexity index is 783. The predicted molar refractivity (Wildman–Crippen MR) is 88.0 cm³/mol. The number of hydrogen-bond donors (Lipinski definition) is 1. The van der Waals surface area contributed by atoms with Crippen molar-refractivity contribution >= 4 is 5.82 Å². The maximum Gasteiger partial charge on any atom is 0.129 e. The van der Waals surface area contributed by atoms with E-state index >= 15 is 0 Å². The van der Waals surface area contributed by atoms with Gasteiger partial charge in [-0.1, -0.05) is 54.1 Å². The lowest BCUT2D eigenvalue weighted by atomic mass is 9.97. The maximum absolute atomic E-state index is 6.27. The third-order valence-electron chi connectivity index (χ3n) is 3.83. The number of nitrogens with two attached hydrogens (primary N) is 1. The van der Waals surface area contributed by atoms with Crippen LogP contribution in [0.5, 0.6) is 0 Å². The van der Waals surface area contributed by atoms with Crippen molar-refractivity contribution < 1.29 is 0 Å². The fraction of sp³-hybridized carbons (Fsp3) is 0.167. The minimum Gasteiger partial charge on any atom is -0.383 e. The summed E-state index contributed by atoms with van der Waals surface area (Å²) in [5.74, 6) is 0.694. The van der Waals surface area contributed by atoms with Gasteiger partial charge in [-0.3, -0.25) is 4.68 Å². The van der Waals surface area contributed by atoms with Gasteiger partial charge in [0.1, 0.15) is 11.5 Å². The molecule has 0 saturated carbocycles. The molecule has 1 aromatic heterocycles. The molecule has 2 N–H and O–H groups in total. The molecule has 0 unspecified atom stereocenters. The van der Waals surface area contributed by atoms with Gasteiger partial charge in [-0.25, -0.2) is 0 Å². The topological polar surface area (TPSA) is 43.8 Å². The average Bonchev–Trinajstić information content (AvgIpc) is 2.77. The highest BCUT2D eigenvalue weighted by Gasteiger charge is 2.18. The molecule has 0 amide bonds. The summed E-state index contributed by atoms with van der Waals surface area (Å²) in [4.78, 5) is 0. The first-order valence-corrected chi connectivity index (χ1v) is 7.03. The first-order valence-electron chi connectivity index (χ1n) is 7.03. The summed E-state index contributed by atoms with van der Waals surface area (Å²) in [6.07, 6.45) is 0. The number of nitrogen functional groups attached to an aromatic ring is 1. The second-order valence-corrected chi connectivity index (χ2v) is 5.41. The fourth-order valence-corrected chi connectivity index (χ4v) is 2.57. The van der Waals surface area contributed by atoms with Gasteiger partial charge in [-0.2, -0.15) is 5.10 Å². The normalized spacial score (nSPS) is 10.8. The summed E-state index contributed by atoms with van der Waals surface area (Å²) in [7, 11) is 1.88. The standard InChI is InChI=1S/C18H19N3/c1-12-8-10-14(11-9-12)17-16(18(19)21(3)20-17)15-7-5-4-6-13(15)2/h4-11H,19H2,1-3H3. The van der Waals surface area contributed by atoms with Crippen LogP contribution in [-0.2, 0) is 7.05 Å². The van der Waals surface area contributed by atoms with E-state index in [9.17, 15) is 0 Å².